The first-order chi connectivity index (χ1) is 12.3. The first-order valence-electron chi connectivity index (χ1n) is 8.82. The molecule has 0 atom stereocenters. The second kappa shape index (κ2) is 8.65. The fraction of sp³-hybridized carbons (Fsp3) is 0.450. The van der Waals surface area contributed by atoms with Crippen molar-refractivity contribution in [1.29, 1.82) is 0 Å². The third-order valence-corrected chi connectivity index (χ3v) is 4.66. The summed E-state index contributed by atoms with van der Waals surface area (Å²) in [7, 11) is 1.64. The van der Waals surface area contributed by atoms with E-state index in [9.17, 15) is 9.59 Å². The lowest BCUT2D eigenvalue weighted by Crippen LogP contribution is -2.29. The number of carbonyl (C=O) groups excluding carboxylic acids is 1. The highest BCUT2D eigenvalue weighted by Gasteiger charge is 2.15. The van der Waals surface area contributed by atoms with E-state index in [2.05, 4.69) is 36.3 Å². The van der Waals surface area contributed by atoms with Crippen LogP contribution in [0.5, 0.6) is 0 Å². The predicted molar refractivity (Wildman–Crippen MR) is 100 cm³/mol. The van der Waals surface area contributed by atoms with Crippen molar-refractivity contribution < 1.29 is 14.7 Å². The van der Waals surface area contributed by atoms with E-state index in [4.69, 9.17) is 5.11 Å². The van der Waals surface area contributed by atoms with Crippen molar-refractivity contribution in [3.05, 3.63) is 52.3 Å². The van der Waals surface area contributed by atoms with E-state index in [0.717, 1.165) is 17.0 Å². The Morgan fingerprint density at radius 1 is 1.12 bits per heavy atom. The fourth-order valence-corrected chi connectivity index (χ4v) is 2.93. The third-order valence-electron chi connectivity index (χ3n) is 4.66. The van der Waals surface area contributed by atoms with Crippen LogP contribution < -0.4 is 0 Å². The summed E-state index contributed by atoms with van der Waals surface area (Å²) in [5, 5.41) is 13.3. The molecular formula is C20H27N3O3. The maximum absolute atomic E-state index is 12.2. The Kier molecular flexibility index (Phi) is 6.55. The topological polar surface area (TPSA) is 75.4 Å². The number of carboxylic acid groups (broad SMARTS) is 1. The number of hydrogen-bond acceptors (Lipinski definition) is 3. The number of aryl methyl sites for hydroxylation is 2. The summed E-state index contributed by atoms with van der Waals surface area (Å²) in [6.45, 7) is 7.00. The van der Waals surface area contributed by atoms with Gasteiger partial charge in [-0.25, -0.2) is 0 Å². The molecule has 140 valence electrons. The first-order valence-corrected chi connectivity index (χ1v) is 8.82. The molecule has 2 aromatic rings. The monoisotopic (exact) mass is 357 g/mol. The van der Waals surface area contributed by atoms with Gasteiger partial charge in [0.1, 0.15) is 0 Å². The standard InChI is InChI=1S/C20H27N3O3/c1-14-5-7-17(8-6-14)13-23-16(3)18(15(2)21-23)9-10-19(24)22(4)12-11-20(25)26/h5-8H,9-13H2,1-4H3,(H,25,26). The molecule has 0 spiro atoms. The summed E-state index contributed by atoms with van der Waals surface area (Å²) >= 11 is 0. The molecule has 0 aliphatic carbocycles. The maximum Gasteiger partial charge on any atom is 0.305 e. The van der Waals surface area contributed by atoms with Gasteiger partial charge in [0, 0.05) is 25.7 Å². The Morgan fingerprint density at radius 3 is 2.38 bits per heavy atom. The molecule has 0 fully saturated rings. The van der Waals surface area contributed by atoms with Crippen molar-refractivity contribution in [1.82, 2.24) is 14.7 Å². The summed E-state index contributed by atoms with van der Waals surface area (Å²) in [5.74, 6) is -0.940. The maximum atomic E-state index is 12.2. The van der Waals surface area contributed by atoms with Gasteiger partial charge in [0.25, 0.3) is 0 Å². The zero-order valence-electron chi connectivity index (χ0n) is 16.0. The highest BCUT2D eigenvalue weighted by Crippen LogP contribution is 2.17. The number of benzene rings is 1. The quantitative estimate of drug-likeness (QED) is 0.788. The Labute approximate surface area is 154 Å². The fourth-order valence-electron chi connectivity index (χ4n) is 2.93. The van der Waals surface area contributed by atoms with Crippen molar-refractivity contribution in [3.8, 4) is 0 Å². The van der Waals surface area contributed by atoms with Crippen LogP contribution in [-0.4, -0.2) is 45.3 Å². The van der Waals surface area contributed by atoms with Gasteiger partial charge in [-0.05, 0) is 38.3 Å². The molecule has 26 heavy (non-hydrogen) atoms. The van der Waals surface area contributed by atoms with Crippen LogP contribution in [0.1, 0.15) is 40.9 Å². The van der Waals surface area contributed by atoms with Gasteiger partial charge in [-0.2, -0.15) is 5.10 Å². The highest BCUT2D eigenvalue weighted by molar-refractivity contribution is 5.77. The van der Waals surface area contributed by atoms with Gasteiger partial charge >= 0.3 is 5.97 Å². The van der Waals surface area contributed by atoms with E-state index in [1.165, 1.54) is 16.0 Å². The number of hydrogen-bond donors (Lipinski definition) is 1. The number of carbonyl (C=O) groups is 2. The summed E-state index contributed by atoms with van der Waals surface area (Å²) in [4.78, 5) is 24.3. The van der Waals surface area contributed by atoms with E-state index >= 15 is 0 Å². The van der Waals surface area contributed by atoms with E-state index in [1.807, 2.05) is 18.5 Å². The lowest BCUT2D eigenvalue weighted by Gasteiger charge is -2.16. The van der Waals surface area contributed by atoms with Gasteiger partial charge in [0.2, 0.25) is 5.91 Å². The third kappa shape index (κ3) is 5.18. The molecule has 0 bridgehead atoms. The molecule has 1 aromatic heterocycles. The molecule has 6 heteroatoms. The van der Waals surface area contributed by atoms with Crippen LogP contribution in [0.3, 0.4) is 0 Å². The van der Waals surface area contributed by atoms with Gasteiger partial charge in [-0.1, -0.05) is 29.8 Å². The van der Waals surface area contributed by atoms with Crippen LogP contribution in [0, 0.1) is 20.8 Å². The van der Waals surface area contributed by atoms with Crippen LogP contribution >= 0.6 is 0 Å². The number of aliphatic carboxylic acids is 1. The SMILES string of the molecule is Cc1ccc(Cn2nc(C)c(CCC(=O)N(C)CCC(=O)O)c2C)cc1. The summed E-state index contributed by atoms with van der Waals surface area (Å²) in [5.41, 5.74) is 5.53. The summed E-state index contributed by atoms with van der Waals surface area (Å²) in [6, 6.07) is 8.39. The zero-order chi connectivity index (χ0) is 19.3. The number of amides is 1. The molecule has 0 unspecified atom stereocenters. The summed E-state index contributed by atoms with van der Waals surface area (Å²) < 4.78 is 1.98. The minimum Gasteiger partial charge on any atom is -0.481 e. The van der Waals surface area contributed by atoms with Gasteiger partial charge < -0.3 is 10.0 Å². The smallest absolute Gasteiger partial charge is 0.305 e. The largest absolute Gasteiger partial charge is 0.481 e. The second-order valence-electron chi connectivity index (χ2n) is 6.75. The lowest BCUT2D eigenvalue weighted by molar-refractivity contribution is -0.138. The number of nitrogens with zero attached hydrogens (tertiary/aromatic N) is 3. The van der Waals surface area contributed by atoms with Gasteiger partial charge in [0.15, 0.2) is 0 Å². The molecule has 0 aliphatic heterocycles. The molecule has 0 radical (unpaired) electrons. The van der Waals surface area contributed by atoms with Gasteiger partial charge in [-0.15, -0.1) is 0 Å². The lowest BCUT2D eigenvalue weighted by atomic mass is 10.1. The van der Waals surface area contributed by atoms with E-state index in [-0.39, 0.29) is 18.9 Å². The summed E-state index contributed by atoms with van der Waals surface area (Å²) in [6.07, 6.45) is 0.935. The molecule has 1 aromatic carbocycles. The van der Waals surface area contributed by atoms with Crippen LogP contribution in [-0.2, 0) is 22.6 Å². The molecule has 6 nitrogen and oxygen atoms in total. The average molecular weight is 357 g/mol. The molecule has 0 saturated carbocycles. The number of carboxylic acids is 1. The van der Waals surface area contributed by atoms with E-state index in [1.54, 1.807) is 7.05 Å². The van der Waals surface area contributed by atoms with Crippen molar-refractivity contribution in [2.75, 3.05) is 13.6 Å². The molecule has 2 rings (SSSR count). The van der Waals surface area contributed by atoms with Crippen molar-refractivity contribution in [2.45, 2.75) is 46.6 Å². The van der Waals surface area contributed by atoms with Crippen LogP contribution in [0.4, 0.5) is 0 Å². The van der Waals surface area contributed by atoms with Crippen LogP contribution in [0.25, 0.3) is 0 Å². The normalized spacial score (nSPS) is 10.8. The Balaban J connectivity index is 1.99. The van der Waals surface area contributed by atoms with E-state index in [0.29, 0.717) is 19.4 Å². The minimum atomic E-state index is -0.895. The average Bonchev–Trinajstić information content (AvgIpc) is 2.86. The second-order valence-corrected chi connectivity index (χ2v) is 6.75. The van der Waals surface area contributed by atoms with Gasteiger partial charge in [0.05, 0.1) is 18.7 Å². The Hall–Kier alpha value is -2.63. The Morgan fingerprint density at radius 2 is 1.77 bits per heavy atom. The molecule has 1 N–H and O–H groups in total. The minimum absolute atomic E-state index is 0.0330. The number of rotatable bonds is 8. The predicted octanol–water partition coefficient (Wildman–Crippen LogP) is 2.72. The van der Waals surface area contributed by atoms with E-state index < -0.39 is 5.97 Å². The first kappa shape index (κ1) is 19.7. The highest BCUT2D eigenvalue weighted by atomic mass is 16.4. The molecule has 1 amide bonds. The van der Waals surface area contributed by atoms with Gasteiger partial charge in [-0.3, -0.25) is 14.3 Å². The molecule has 0 aliphatic rings. The van der Waals surface area contributed by atoms with Crippen molar-refractivity contribution in [2.24, 2.45) is 0 Å². The molecule has 0 saturated heterocycles. The van der Waals surface area contributed by atoms with Crippen LogP contribution in [0.2, 0.25) is 0 Å². The van der Waals surface area contributed by atoms with Crippen LogP contribution in [0.15, 0.2) is 24.3 Å². The zero-order valence-corrected chi connectivity index (χ0v) is 16.0. The van der Waals surface area contributed by atoms with Crippen molar-refractivity contribution in [3.63, 3.8) is 0 Å². The Bertz CT molecular complexity index is 778. The molecular weight excluding hydrogens is 330 g/mol. The number of aromatic nitrogens is 2. The molecule has 1 heterocycles. The van der Waals surface area contributed by atoms with Crippen molar-refractivity contribution >= 4 is 11.9 Å².